The number of carbonyl (C=O) groups is 1. The topological polar surface area (TPSA) is 235 Å². The fourth-order valence-corrected chi connectivity index (χ4v) is 10.3. The number of imidazole rings is 1. The quantitative estimate of drug-likeness (QED) is 0.0187. The highest BCUT2D eigenvalue weighted by molar-refractivity contribution is 8.76. The van der Waals surface area contributed by atoms with Gasteiger partial charge in [-0.05, 0) is 91.3 Å². The number of hydrogen-bond donors (Lipinski definition) is 7. The number of nitrogen functional groups attached to an aromatic ring is 1. The number of benzene rings is 3. The number of nitrogens with two attached hydrogens (primary N) is 1. The first kappa shape index (κ1) is 50.8. The summed E-state index contributed by atoms with van der Waals surface area (Å²) in [5, 5.41) is 30.9. The first-order valence-corrected chi connectivity index (χ1v) is 25.4. The lowest BCUT2D eigenvalue weighted by Gasteiger charge is -2.32. The second kappa shape index (κ2) is 22.6. The molecule has 372 valence electrons. The number of likely N-dealkylation sites (tertiary alicyclic amines) is 1. The number of carboxylic acids is 1. The number of alkyl halides is 3. The van der Waals surface area contributed by atoms with Gasteiger partial charge in [-0.3, -0.25) is 9.36 Å². The number of H-pyrrole nitrogens is 1. The fraction of sp³-hybridized carbons (Fsp3) is 0.298. The van der Waals surface area contributed by atoms with Gasteiger partial charge in [0.05, 0.1) is 24.2 Å². The molecule has 1 unspecified atom stereocenters. The van der Waals surface area contributed by atoms with Gasteiger partial charge in [0, 0.05) is 96.4 Å². The summed E-state index contributed by atoms with van der Waals surface area (Å²) in [4.78, 5) is 50.0. The number of thiocarbonyl (C=S) groups is 2. The summed E-state index contributed by atoms with van der Waals surface area (Å²) < 4.78 is 58.6. The largest absolute Gasteiger partial charge is 0.508 e. The van der Waals surface area contributed by atoms with Crippen LogP contribution in [0.2, 0.25) is 0 Å². The summed E-state index contributed by atoms with van der Waals surface area (Å²) >= 11 is 10.8. The van der Waals surface area contributed by atoms with Crippen molar-refractivity contribution >= 4 is 102 Å². The lowest BCUT2D eigenvalue weighted by atomic mass is 9.90. The normalized spacial score (nSPS) is 14.2. The third-order valence-electron chi connectivity index (χ3n) is 11.4. The van der Waals surface area contributed by atoms with Crippen molar-refractivity contribution in [1.82, 2.24) is 29.7 Å². The molecule has 2 aromatic carbocycles. The Morgan fingerprint density at radius 1 is 1.00 bits per heavy atom. The predicted octanol–water partition coefficient (Wildman–Crippen LogP) is 7.86. The number of phenols is 1. The number of hydrogen-bond acceptors (Lipinski definition) is 16. The van der Waals surface area contributed by atoms with Gasteiger partial charge in [0.2, 0.25) is 0 Å². The number of piperidine rings is 1. The van der Waals surface area contributed by atoms with E-state index in [1.807, 2.05) is 0 Å². The summed E-state index contributed by atoms with van der Waals surface area (Å²) in [6, 6.07) is 18.1. The number of nitrogens with one attached hydrogen (secondary N) is 4. The minimum Gasteiger partial charge on any atom is -0.508 e. The van der Waals surface area contributed by atoms with Gasteiger partial charge >= 0.3 is 23.1 Å². The van der Waals surface area contributed by atoms with E-state index in [2.05, 4.69) is 35.8 Å². The number of rotatable bonds is 18. The Morgan fingerprint density at radius 2 is 1.82 bits per heavy atom. The second-order valence-corrected chi connectivity index (χ2v) is 19.8. The second-order valence-electron chi connectivity index (χ2n) is 16.4. The van der Waals surface area contributed by atoms with Crippen molar-refractivity contribution in [2.45, 2.75) is 25.6 Å². The lowest BCUT2D eigenvalue weighted by molar-refractivity contribution is -0.141. The highest BCUT2D eigenvalue weighted by Crippen LogP contribution is 2.42. The number of fused-ring (bicyclic) bond motifs is 3. The molecule has 0 saturated carbocycles. The predicted molar refractivity (Wildman–Crippen MR) is 278 cm³/mol. The van der Waals surface area contributed by atoms with Crippen LogP contribution in [0.1, 0.15) is 34.5 Å². The molecule has 8 rings (SSSR count). The summed E-state index contributed by atoms with van der Waals surface area (Å²) in [6.45, 7) is 4.53. The average molecular weight is 1050 g/mol. The Kier molecular flexibility index (Phi) is 16.2. The zero-order valence-electron chi connectivity index (χ0n) is 37.5. The molecule has 1 saturated heterocycles. The molecule has 0 spiro atoms. The number of ether oxygens (including phenoxy) is 2. The van der Waals surface area contributed by atoms with Crippen LogP contribution < -0.4 is 32.8 Å². The Labute approximate surface area is 421 Å². The zero-order chi connectivity index (χ0) is 50.2. The van der Waals surface area contributed by atoms with Crippen molar-refractivity contribution < 1.29 is 42.1 Å². The molecule has 0 radical (unpaired) electrons. The number of aromatic amines is 1. The Bertz CT molecular complexity index is 3170. The van der Waals surface area contributed by atoms with E-state index in [1.54, 1.807) is 64.2 Å². The van der Waals surface area contributed by atoms with Crippen LogP contribution in [-0.4, -0.2) is 108 Å². The first-order chi connectivity index (χ1) is 34.1. The molecule has 71 heavy (non-hydrogen) atoms. The van der Waals surface area contributed by atoms with E-state index >= 15 is 0 Å². The van der Waals surface area contributed by atoms with Crippen LogP contribution in [0.15, 0.2) is 93.0 Å². The summed E-state index contributed by atoms with van der Waals surface area (Å²) in [6.07, 6.45) is -1.14. The molecular formula is C47H46F3N9O8S4. The van der Waals surface area contributed by atoms with Crippen LogP contribution in [-0.2, 0) is 22.2 Å². The van der Waals surface area contributed by atoms with E-state index in [1.165, 1.54) is 34.9 Å². The molecule has 1 fully saturated rings. The van der Waals surface area contributed by atoms with Gasteiger partial charge in [-0.1, -0.05) is 33.7 Å². The van der Waals surface area contributed by atoms with Gasteiger partial charge in [0.25, 0.3) is 0 Å². The third-order valence-corrected chi connectivity index (χ3v) is 14.3. The molecule has 2 aliphatic heterocycles. The van der Waals surface area contributed by atoms with E-state index < -0.39 is 29.3 Å². The number of phenolic OH excluding ortho intramolecular Hbond substituents is 1. The molecule has 24 heteroatoms. The minimum absolute atomic E-state index is 0.00172. The van der Waals surface area contributed by atoms with Crippen molar-refractivity contribution in [2.75, 3.05) is 73.8 Å². The number of anilines is 3. The number of aromatic carboxylic acids is 1. The van der Waals surface area contributed by atoms with Crippen LogP contribution in [0.5, 0.6) is 5.75 Å². The number of pyridine rings is 2. The molecule has 3 aliphatic rings. The van der Waals surface area contributed by atoms with Crippen molar-refractivity contribution in [3.05, 3.63) is 117 Å². The molecule has 5 aromatic rings. The summed E-state index contributed by atoms with van der Waals surface area (Å²) in [7, 11) is 3.24. The molecule has 0 amide bonds. The van der Waals surface area contributed by atoms with E-state index in [0.29, 0.717) is 87.6 Å². The third kappa shape index (κ3) is 12.8. The standard InChI is InChI=1S/C47H46F3N9O8S4/c48-47(49,50)38-21-35-41(42(51)56-38)57-45(64)59(35)24-26-3-10-39(54-22-26)52-11-14-58-13-1-2-27(23-58)25-66-46(69)65-15-17-71-70-16-12-53-44(68)55-28-4-7-31(34(18-28)43(62)63)40-32-8-5-29(60)19-36(32)67-37-20-30(61)6-9-33(37)40/h3-10,18-22,27,60H,1-2,11-17,23-25H2,(H2,51,56)(H,52,54)(H,57,64)(H,62,63)(H2,53,55,68). The number of nitrogens with zero attached hydrogens (tertiary/aromatic N) is 4. The van der Waals surface area contributed by atoms with E-state index in [9.17, 15) is 37.8 Å². The monoisotopic (exact) mass is 1050 g/mol. The van der Waals surface area contributed by atoms with Crippen molar-refractivity contribution in [3.63, 3.8) is 0 Å². The maximum atomic E-state index is 13.4. The average Bonchev–Trinajstić information content (AvgIpc) is 3.65. The Morgan fingerprint density at radius 3 is 2.61 bits per heavy atom. The lowest BCUT2D eigenvalue weighted by Crippen LogP contribution is -2.40. The van der Waals surface area contributed by atoms with Gasteiger partial charge in [-0.2, -0.15) is 13.2 Å². The summed E-state index contributed by atoms with van der Waals surface area (Å²) in [5.74, 6) is 0.941. The van der Waals surface area contributed by atoms with Crippen LogP contribution >= 0.6 is 46.0 Å². The van der Waals surface area contributed by atoms with Crippen LogP contribution in [0.3, 0.4) is 0 Å². The zero-order valence-corrected chi connectivity index (χ0v) is 40.8. The first-order valence-electron chi connectivity index (χ1n) is 22.1. The number of aromatic hydroxyl groups is 1. The molecule has 0 bridgehead atoms. The van der Waals surface area contributed by atoms with Gasteiger partial charge in [0.1, 0.15) is 46.5 Å². The fourth-order valence-electron chi connectivity index (χ4n) is 8.17. The minimum atomic E-state index is -4.72. The SMILES string of the molecule is Nc1nc(C(F)(F)F)cc2c1[nH]c(=O)n2Cc1ccc(NCCN2CCCC(COC(=S)OCCSSCCNC(=S)Nc3ccc(-c4c5ccc(=O)cc-5oc5cc(O)ccc45)c(C(=O)O)c3)C2)nc1. The van der Waals surface area contributed by atoms with Gasteiger partial charge in [-0.25, -0.2) is 19.6 Å². The van der Waals surface area contributed by atoms with Gasteiger partial charge < -0.3 is 55.7 Å². The van der Waals surface area contributed by atoms with E-state index in [0.717, 1.165) is 38.5 Å². The maximum absolute atomic E-state index is 13.4. The van der Waals surface area contributed by atoms with Crippen molar-refractivity contribution in [1.29, 1.82) is 0 Å². The van der Waals surface area contributed by atoms with Crippen LogP contribution in [0.4, 0.5) is 30.5 Å². The van der Waals surface area contributed by atoms with E-state index in [4.69, 9.17) is 44.1 Å². The van der Waals surface area contributed by atoms with Crippen LogP contribution in [0.25, 0.3) is 44.5 Å². The number of carboxylic acid groups (broad SMARTS) is 1. The van der Waals surface area contributed by atoms with Gasteiger partial charge in [-0.15, -0.1) is 0 Å². The van der Waals surface area contributed by atoms with Crippen molar-refractivity contribution in [3.8, 4) is 28.2 Å². The summed E-state index contributed by atoms with van der Waals surface area (Å²) in [5.41, 5.74) is 6.57. The molecule has 17 nitrogen and oxygen atoms in total. The molecule has 5 heterocycles. The van der Waals surface area contributed by atoms with Gasteiger partial charge in [0.15, 0.2) is 10.5 Å². The number of aromatic nitrogens is 4. The smallest absolute Gasteiger partial charge is 0.433 e. The maximum Gasteiger partial charge on any atom is 0.433 e. The molecule has 1 aliphatic carbocycles. The highest BCUT2D eigenvalue weighted by Gasteiger charge is 2.34. The van der Waals surface area contributed by atoms with E-state index in [-0.39, 0.29) is 51.2 Å². The molecular weight excluding hydrogens is 1000 g/mol. The molecule has 8 N–H and O–H groups in total. The Hall–Kier alpha value is -6.60. The van der Waals surface area contributed by atoms with Crippen molar-refractivity contribution in [2.24, 2.45) is 5.92 Å². The molecule has 1 atom stereocenters. The Balaban J connectivity index is 0.698. The highest BCUT2D eigenvalue weighted by atomic mass is 33.1. The van der Waals surface area contributed by atoms with Crippen LogP contribution in [0, 0.1) is 5.92 Å². The molecule has 3 aromatic heterocycles. The number of halogens is 3.